The third-order valence-electron chi connectivity index (χ3n) is 3.96. The summed E-state index contributed by atoms with van der Waals surface area (Å²) < 4.78 is 13.0. The first-order chi connectivity index (χ1) is 11.1. The van der Waals surface area contributed by atoms with Gasteiger partial charge in [-0.15, -0.1) is 0 Å². The van der Waals surface area contributed by atoms with Crippen molar-refractivity contribution < 1.29 is 9.18 Å². The Kier molecular flexibility index (Phi) is 4.47. The van der Waals surface area contributed by atoms with E-state index in [1.54, 1.807) is 19.2 Å². The molecule has 23 heavy (non-hydrogen) atoms. The van der Waals surface area contributed by atoms with Crippen LogP contribution in [-0.2, 0) is 0 Å². The topological polar surface area (TPSA) is 48.5 Å². The van der Waals surface area contributed by atoms with Gasteiger partial charge in [-0.3, -0.25) is 4.79 Å². The average Bonchev–Trinajstić information content (AvgIpc) is 2.96. The minimum absolute atomic E-state index is 0.0419. The largest absolute Gasteiger partial charge is 0.368 e. The number of thiazole rings is 1. The molecule has 2 heterocycles. The standard InChI is InChI=1S/C16H19FN4OS/c1-11-14(23-16(18-2)19-11)15(22)21-9-7-20(8-10-21)13-5-3-12(17)4-6-13/h3-6H,7-10H2,1-2H3,(H,18,19). The maximum atomic E-state index is 13.0. The molecule has 1 N–H and O–H groups in total. The molecule has 0 radical (unpaired) electrons. The van der Waals surface area contributed by atoms with E-state index in [0.717, 1.165) is 29.6 Å². The monoisotopic (exact) mass is 334 g/mol. The van der Waals surface area contributed by atoms with E-state index in [4.69, 9.17) is 0 Å². The number of rotatable bonds is 3. The lowest BCUT2D eigenvalue weighted by molar-refractivity contribution is 0.0750. The average molecular weight is 334 g/mol. The Bertz CT molecular complexity index is 693. The number of carbonyl (C=O) groups excluding carboxylic acids is 1. The fraction of sp³-hybridized carbons (Fsp3) is 0.375. The number of hydrogen-bond acceptors (Lipinski definition) is 5. The van der Waals surface area contributed by atoms with Crippen LogP contribution in [0.3, 0.4) is 0 Å². The van der Waals surface area contributed by atoms with Gasteiger partial charge in [0.2, 0.25) is 0 Å². The van der Waals surface area contributed by atoms with Crippen molar-refractivity contribution in [3.8, 4) is 0 Å². The van der Waals surface area contributed by atoms with Crippen molar-refractivity contribution in [1.29, 1.82) is 0 Å². The molecule has 0 spiro atoms. The summed E-state index contributed by atoms with van der Waals surface area (Å²) in [7, 11) is 1.80. The first-order valence-electron chi connectivity index (χ1n) is 7.53. The van der Waals surface area contributed by atoms with E-state index in [2.05, 4.69) is 15.2 Å². The summed E-state index contributed by atoms with van der Waals surface area (Å²) in [6.07, 6.45) is 0. The number of piperazine rings is 1. The highest BCUT2D eigenvalue weighted by Crippen LogP contribution is 2.24. The second-order valence-corrected chi connectivity index (χ2v) is 6.44. The van der Waals surface area contributed by atoms with Crippen molar-refractivity contribution in [3.63, 3.8) is 0 Å². The van der Waals surface area contributed by atoms with Crippen LogP contribution in [0.15, 0.2) is 24.3 Å². The molecule has 0 atom stereocenters. The van der Waals surface area contributed by atoms with Gasteiger partial charge >= 0.3 is 0 Å². The number of anilines is 2. The van der Waals surface area contributed by atoms with Crippen LogP contribution in [0.2, 0.25) is 0 Å². The van der Waals surface area contributed by atoms with Crippen LogP contribution < -0.4 is 10.2 Å². The quantitative estimate of drug-likeness (QED) is 0.937. The first kappa shape index (κ1) is 15.7. The van der Waals surface area contributed by atoms with Crippen molar-refractivity contribution in [3.05, 3.63) is 40.7 Å². The van der Waals surface area contributed by atoms with Crippen LogP contribution in [0.25, 0.3) is 0 Å². The summed E-state index contributed by atoms with van der Waals surface area (Å²) in [4.78, 5) is 21.7. The molecule has 1 amide bonds. The number of hydrogen-bond donors (Lipinski definition) is 1. The van der Waals surface area contributed by atoms with E-state index in [0.29, 0.717) is 18.0 Å². The minimum atomic E-state index is -0.233. The summed E-state index contributed by atoms with van der Waals surface area (Å²) >= 11 is 1.39. The molecule has 122 valence electrons. The van der Waals surface area contributed by atoms with Gasteiger partial charge in [0, 0.05) is 38.9 Å². The van der Waals surface area contributed by atoms with Gasteiger partial charge in [0.25, 0.3) is 5.91 Å². The maximum absolute atomic E-state index is 13.0. The Balaban J connectivity index is 1.65. The van der Waals surface area contributed by atoms with Crippen LogP contribution in [0.4, 0.5) is 15.2 Å². The van der Waals surface area contributed by atoms with E-state index in [-0.39, 0.29) is 11.7 Å². The number of carbonyl (C=O) groups is 1. The molecular weight excluding hydrogens is 315 g/mol. The molecule has 2 aromatic rings. The van der Waals surface area contributed by atoms with E-state index in [9.17, 15) is 9.18 Å². The van der Waals surface area contributed by atoms with Gasteiger partial charge < -0.3 is 15.1 Å². The van der Waals surface area contributed by atoms with Crippen LogP contribution in [0.1, 0.15) is 15.4 Å². The van der Waals surface area contributed by atoms with Crippen molar-refractivity contribution in [1.82, 2.24) is 9.88 Å². The molecule has 1 aliphatic heterocycles. The zero-order chi connectivity index (χ0) is 16.4. The van der Waals surface area contributed by atoms with Gasteiger partial charge in [-0.2, -0.15) is 0 Å². The maximum Gasteiger partial charge on any atom is 0.266 e. The molecule has 7 heteroatoms. The van der Waals surface area contributed by atoms with Gasteiger partial charge in [-0.25, -0.2) is 9.37 Å². The molecule has 0 bridgehead atoms. The lowest BCUT2D eigenvalue weighted by atomic mass is 10.2. The van der Waals surface area contributed by atoms with Crippen LogP contribution in [0.5, 0.6) is 0 Å². The highest BCUT2D eigenvalue weighted by Gasteiger charge is 2.25. The summed E-state index contributed by atoms with van der Waals surface area (Å²) in [6.45, 7) is 4.66. The van der Waals surface area contributed by atoms with Crippen molar-refractivity contribution in [2.24, 2.45) is 0 Å². The number of nitrogens with zero attached hydrogens (tertiary/aromatic N) is 3. The van der Waals surface area contributed by atoms with Crippen LogP contribution in [-0.4, -0.2) is 49.0 Å². The zero-order valence-electron chi connectivity index (χ0n) is 13.2. The van der Waals surface area contributed by atoms with Gasteiger partial charge in [-0.1, -0.05) is 11.3 Å². The summed E-state index contributed by atoms with van der Waals surface area (Å²) in [5.74, 6) is -0.191. The van der Waals surface area contributed by atoms with Crippen molar-refractivity contribution >= 4 is 28.1 Å². The summed E-state index contributed by atoms with van der Waals surface area (Å²) in [6, 6.07) is 6.48. The van der Waals surface area contributed by atoms with Gasteiger partial charge in [0.05, 0.1) is 5.69 Å². The van der Waals surface area contributed by atoms with E-state index in [1.807, 2.05) is 11.8 Å². The Morgan fingerprint density at radius 2 is 1.87 bits per heavy atom. The third-order valence-corrected chi connectivity index (χ3v) is 5.13. The second-order valence-electron chi connectivity index (χ2n) is 5.44. The SMILES string of the molecule is CNc1nc(C)c(C(=O)N2CCN(c3ccc(F)cc3)CC2)s1. The molecule has 1 aromatic heterocycles. The highest BCUT2D eigenvalue weighted by atomic mass is 32.1. The Hall–Kier alpha value is -2.15. The number of benzene rings is 1. The number of amides is 1. The lowest BCUT2D eigenvalue weighted by Crippen LogP contribution is -2.48. The van der Waals surface area contributed by atoms with Gasteiger partial charge in [0.1, 0.15) is 10.7 Å². The molecule has 1 aromatic carbocycles. The molecule has 0 aliphatic carbocycles. The molecule has 1 saturated heterocycles. The second kappa shape index (κ2) is 6.54. The Labute approximate surface area is 138 Å². The Morgan fingerprint density at radius 1 is 1.22 bits per heavy atom. The molecular formula is C16H19FN4OS. The zero-order valence-corrected chi connectivity index (χ0v) is 14.0. The number of halogens is 1. The van der Waals surface area contributed by atoms with Crippen LogP contribution >= 0.6 is 11.3 Å². The van der Waals surface area contributed by atoms with E-state index >= 15 is 0 Å². The fourth-order valence-corrected chi connectivity index (χ4v) is 3.55. The molecule has 1 fully saturated rings. The highest BCUT2D eigenvalue weighted by molar-refractivity contribution is 7.17. The number of aryl methyl sites for hydroxylation is 1. The van der Waals surface area contributed by atoms with Crippen molar-refractivity contribution in [2.45, 2.75) is 6.92 Å². The predicted octanol–water partition coefficient (Wildman–Crippen LogP) is 2.59. The smallest absolute Gasteiger partial charge is 0.266 e. The number of nitrogens with one attached hydrogen (secondary N) is 1. The van der Waals surface area contributed by atoms with Crippen molar-refractivity contribution in [2.75, 3.05) is 43.4 Å². The third kappa shape index (κ3) is 3.29. The summed E-state index contributed by atoms with van der Waals surface area (Å²) in [5.41, 5.74) is 1.76. The van der Waals surface area contributed by atoms with E-state index in [1.165, 1.54) is 23.5 Å². The molecule has 0 unspecified atom stereocenters. The molecule has 5 nitrogen and oxygen atoms in total. The van der Waals surface area contributed by atoms with Crippen LogP contribution in [0, 0.1) is 12.7 Å². The lowest BCUT2D eigenvalue weighted by Gasteiger charge is -2.36. The predicted molar refractivity (Wildman–Crippen MR) is 90.9 cm³/mol. The first-order valence-corrected chi connectivity index (χ1v) is 8.35. The fourth-order valence-electron chi connectivity index (χ4n) is 2.67. The Morgan fingerprint density at radius 3 is 2.43 bits per heavy atom. The summed E-state index contributed by atoms with van der Waals surface area (Å²) in [5, 5.41) is 3.74. The van der Waals surface area contributed by atoms with Gasteiger partial charge in [-0.05, 0) is 31.2 Å². The normalized spacial score (nSPS) is 14.9. The molecule has 0 saturated carbocycles. The molecule has 3 rings (SSSR count). The minimum Gasteiger partial charge on any atom is -0.368 e. The number of aromatic nitrogens is 1. The van der Waals surface area contributed by atoms with E-state index < -0.39 is 0 Å². The van der Waals surface area contributed by atoms with Gasteiger partial charge in [0.15, 0.2) is 5.13 Å². The molecule has 1 aliphatic rings.